The molecule has 11 nitrogen and oxygen atoms in total. The molecule has 4 atom stereocenters. The maximum absolute atomic E-state index is 12.4. The van der Waals surface area contributed by atoms with Crippen molar-refractivity contribution in [2.75, 3.05) is 0 Å². The van der Waals surface area contributed by atoms with Crippen molar-refractivity contribution in [3.8, 4) is 0 Å². The molecular weight excluding hydrogens is 360 g/mol. The highest BCUT2D eigenvalue weighted by molar-refractivity contribution is 5.92. The third-order valence-corrected chi connectivity index (χ3v) is 4.10. The lowest BCUT2D eigenvalue weighted by molar-refractivity contribution is -0.144. The lowest BCUT2D eigenvalue weighted by Gasteiger charge is -2.25. The zero-order valence-electron chi connectivity index (χ0n) is 15.4. The Bertz CT molecular complexity index is 567. The molecule has 3 amide bonds. The number of aliphatic carboxylic acids is 2. The standard InChI is InChI=1S/C16H28N4O7/c1-3-8(2)13(16(26)27)20-15(25)10(5-7-12(22)23)19-14(24)9(17)4-6-11(18)21/h8-10,13H,3-7,17H2,1-2H3,(H2,18,21)(H,19,24)(H,20,25)(H,22,23)(H,26,27)/t8-,9-,10-,13-/m0/s1. The number of hydrogen-bond acceptors (Lipinski definition) is 6. The Labute approximate surface area is 156 Å². The number of amides is 3. The van der Waals surface area contributed by atoms with E-state index in [1.54, 1.807) is 13.8 Å². The first-order chi connectivity index (χ1) is 12.5. The van der Waals surface area contributed by atoms with E-state index in [1.807, 2.05) is 0 Å². The first-order valence-corrected chi connectivity index (χ1v) is 8.58. The number of rotatable bonds is 13. The molecule has 0 aromatic heterocycles. The van der Waals surface area contributed by atoms with Gasteiger partial charge in [0.1, 0.15) is 12.1 Å². The van der Waals surface area contributed by atoms with Gasteiger partial charge in [0.25, 0.3) is 0 Å². The normalized spacial score (nSPS) is 15.1. The minimum absolute atomic E-state index is 0.0426. The molecule has 0 saturated carbocycles. The molecule has 0 rings (SSSR count). The van der Waals surface area contributed by atoms with Crippen LogP contribution in [-0.2, 0) is 24.0 Å². The molecule has 0 heterocycles. The molecule has 0 aromatic carbocycles. The minimum Gasteiger partial charge on any atom is -0.481 e. The molecule has 27 heavy (non-hydrogen) atoms. The van der Waals surface area contributed by atoms with Crippen molar-refractivity contribution in [1.29, 1.82) is 0 Å². The van der Waals surface area contributed by atoms with E-state index >= 15 is 0 Å². The van der Waals surface area contributed by atoms with Crippen LogP contribution >= 0.6 is 0 Å². The van der Waals surface area contributed by atoms with Gasteiger partial charge in [0.2, 0.25) is 17.7 Å². The Kier molecular flexibility index (Phi) is 10.7. The molecule has 0 aromatic rings. The van der Waals surface area contributed by atoms with Gasteiger partial charge in [-0.1, -0.05) is 20.3 Å². The Morgan fingerprint density at radius 1 is 0.963 bits per heavy atom. The van der Waals surface area contributed by atoms with Gasteiger partial charge in [0.05, 0.1) is 6.04 Å². The van der Waals surface area contributed by atoms with Crippen LogP contribution in [0.15, 0.2) is 0 Å². The molecule has 11 heteroatoms. The van der Waals surface area contributed by atoms with E-state index in [9.17, 15) is 29.1 Å². The molecule has 0 unspecified atom stereocenters. The quantitative estimate of drug-likeness (QED) is 0.220. The maximum atomic E-state index is 12.4. The summed E-state index contributed by atoms with van der Waals surface area (Å²) in [5.74, 6) is -5.02. The average molecular weight is 388 g/mol. The van der Waals surface area contributed by atoms with Gasteiger partial charge in [-0.3, -0.25) is 19.2 Å². The Morgan fingerprint density at radius 3 is 2.00 bits per heavy atom. The number of nitrogens with two attached hydrogens (primary N) is 2. The fraction of sp³-hybridized carbons (Fsp3) is 0.688. The largest absolute Gasteiger partial charge is 0.481 e. The summed E-state index contributed by atoms with van der Waals surface area (Å²) in [4.78, 5) is 57.4. The van der Waals surface area contributed by atoms with Crippen molar-refractivity contribution >= 4 is 29.7 Å². The fourth-order valence-electron chi connectivity index (χ4n) is 2.18. The van der Waals surface area contributed by atoms with Gasteiger partial charge in [-0.05, 0) is 18.8 Å². The lowest BCUT2D eigenvalue weighted by atomic mass is 9.98. The minimum atomic E-state index is -1.28. The van der Waals surface area contributed by atoms with Gasteiger partial charge in [0, 0.05) is 12.8 Å². The number of carboxylic acids is 2. The molecular formula is C16H28N4O7. The zero-order valence-corrected chi connectivity index (χ0v) is 15.4. The van der Waals surface area contributed by atoms with Crippen LogP contribution in [0.2, 0.25) is 0 Å². The van der Waals surface area contributed by atoms with E-state index in [0.29, 0.717) is 6.42 Å². The first kappa shape index (κ1) is 24.3. The maximum Gasteiger partial charge on any atom is 0.326 e. The van der Waals surface area contributed by atoms with Crippen molar-refractivity contribution in [1.82, 2.24) is 10.6 Å². The van der Waals surface area contributed by atoms with E-state index in [-0.39, 0.29) is 25.2 Å². The van der Waals surface area contributed by atoms with E-state index in [1.165, 1.54) is 0 Å². The number of carboxylic acid groups (broad SMARTS) is 2. The second-order valence-corrected chi connectivity index (χ2v) is 6.32. The molecule has 0 aliphatic carbocycles. The second kappa shape index (κ2) is 11.8. The van der Waals surface area contributed by atoms with Crippen LogP contribution in [0.4, 0.5) is 0 Å². The van der Waals surface area contributed by atoms with Gasteiger partial charge in [-0.2, -0.15) is 0 Å². The van der Waals surface area contributed by atoms with E-state index in [2.05, 4.69) is 10.6 Å². The molecule has 0 saturated heterocycles. The summed E-state index contributed by atoms with van der Waals surface area (Å²) in [6.07, 6.45) is -0.353. The predicted octanol–water partition coefficient (Wildman–Crippen LogP) is -1.46. The van der Waals surface area contributed by atoms with Crippen LogP contribution < -0.4 is 22.1 Å². The molecule has 0 aliphatic rings. The highest BCUT2D eigenvalue weighted by Gasteiger charge is 2.30. The van der Waals surface area contributed by atoms with Crippen molar-refractivity contribution in [2.24, 2.45) is 17.4 Å². The smallest absolute Gasteiger partial charge is 0.326 e. The van der Waals surface area contributed by atoms with Crippen LogP contribution in [0.3, 0.4) is 0 Å². The molecule has 0 spiro atoms. The molecule has 0 bridgehead atoms. The van der Waals surface area contributed by atoms with E-state index in [4.69, 9.17) is 16.6 Å². The zero-order chi connectivity index (χ0) is 21.1. The van der Waals surface area contributed by atoms with Gasteiger partial charge < -0.3 is 32.3 Å². The Hall–Kier alpha value is -2.69. The predicted molar refractivity (Wildman–Crippen MR) is 94.2 cm³/mol. The summed E-state index contributed by atoms with van der Waals surface area (Å²) in [6.45, 7) is 3.40. The van der Waals surface area contributed by atoms with Crippen molar-refractivity contribution in [3.05, 3.63) is 0 Å². The molecule has 0 radical (unpaired) electrons. The highest BCUT2D eigenvalue weighted by atomic mass is 16.4. The molecule has 0 fully saturated rings. The summed E-state index contributed by atoms with van der Waals surface area (Å²) < 4.78 is 0. The first-order valence-electron chi connectivity index (χ1n) is 8.58. The third-order valence-electron chi connectivity index (χ3n) is 4.10. The van der Waals surface area contributed by atoms with Crippen LogP contribution in [0, 0.1) is 5.92 Å². The van der Waals surface area contributed by atoms with Gasteiger partial charge in [0.15, 0.2) is 0 Å². The Balaban J connectivity index is 5.12. The summed E-state index contributed by atoms with van der Waals surface area (Å²) in [5.41, 5.74) is 10.6. The number of nitrogens with one attached hydrogen (secondary N) is 2. The Morgan fingerprint density at radius 2 is 1.56 bits per heavy atom. The highest BCUT2D eigenvalue weighted by Crippen LogP contribution is 2.09. The van der Waals surface area contributed by atoms with Gasteiger partial charge in [-0.15, -0.1) is 0 Å². The number of primary amides is 1. The van der Waals surface area contributed by atoms with Crippen molar-refractivity contribution < 1.29 is 34.2 Å². The number of carbonyl (C=O) groups is 5. The molecule has 0 aliphatic heterocycles. The summed E-state index contributed by atoms with van der Waals surface area (Å²) in [7, 11) is 0. The topological polar surface area (TPSA) is 202 Å². The van der Waals surface area contributed by atoms with Crippen LogP contribution in [0.25, 0.3) is 0 Å². The number of hydrogen-bond donors (Lipinski definition) is 6. The van der Waals surface area contributed by atoms with E-state index < -0.39 is 54.2 Å². The second-order valence-electron chi connectivity index (χ2n) is 6.32. The number of carbonyl (C=O) groups excluding carboxylic acids is 3. The average Bonchev–Trinajstić information content (AvgIpc) is 2.59. The van der Waals surface area contributed by atoms with E-state index in [0.717, 1.165) is 0 Å². The van der Waals surface area contributed by atoms with Crippen LogP contribution in [0.1, 0.15) is 46.0 Å². The van der Waals surface area contributed by atoms with Crippen molar-refractivity contribution in [2.45, 2.75) is 64.1 Å². The summed E-state index contributed by atoms with van der Waals surface area (Å²) in [5, 5.41) is 22.7. The van der Waals surface area contributed by atoms with Crippen molar-refractivity contribution in [3.63, 3.8) is 0 Å². The molecule has 8 N–H and O–H groups in total. The molecule has 154 valence electrons. The van der Waals surface area contributed by atoms with Gasteiger partial charge >= 0.3 is 11.9 Å². The third kappa shape index (κ3) is 9.54. The monoisotopic (exact) mass is 388 g/mol. The fourth-order valence-corrected chi connectivity index (χ4v) is 2.18. The van der Waals surface area contributed by atoms with Crippen LogP contribution in [0.5, 0.6) is 0 Å². The van der Waals surface area contributed by atoms with Gasteiger partial charge in [-0.25, -0.2) is 4.79 Å². The van der Waals surface area contributed by atoms with Crippen LogP contribution in [-0.4, -0.2) is 58.0 Å². The summed E-state index contributed by atoms with van der Waals surface area (Å²) in [6, 6.07) is -3.59. The lowest BCUT2D eigenvalue weighted by Crippen LogP contribution is -2.55. The summed E-state index contributed by atoms with van der Waals surface area (Å²) >= 11 is 0. The SMILES string of the molecule is CC[C@H](C)[C@H](NC(=O)[C@H](CCC(=O)O)NC(=O)[C@@H](N)CCC(N)=O)C(=O)O.